The van der Waals surface area contributed by atoms with Crippen molar-refractivity contribution < 1.29 is 19.5 Å². The van der Waals surface area contributed by atoms with E-state index in [2.05, 4.69) is 36.7 Å². The van der Waals surface area contributed by atoms with E-state index in [0.29, 0.717) is 30.6 Å². The molecule has 3 fully saturated rings. The van der Waals surface area contributed by atoms with Crippen LogP contribution >= 0.6 is 11.8 Å². The van der Waals surface area contributed by atoms with E-state index < -0.39 is 24.1 Å². The zero-order valence-electron chi connectivity index (χ0n) is 21.0. The van der Waals surface area contributed by atoms with Crippen LogP contribution in [0.25, 0.3) is 0 Å². The van der Waals surface area contributed by atoms with Crippen LogP contribution in [0.3, 0.4) is 0 Å². The predicted octanol–water partition coefficient (Wildman–Crippen LogP) is 3.10. The van der Waals surface area contributed by atoms with Crippen LogP contribution in [0, 0.1) is 22.7 Å². The van der Waals surface area contributed by atoms with Crippen LogP contribution in [0.1, 0.15) is 78.6 Å². The predicted molar refractivity (Wildman–Crippen MR) is 136 cm³/mol. The highest BCUT2D eigenvalue weighted by atomic mass is 32.2. The average Bonchev–Trinajstić information content (AvgIpc) is 3.11. The van der Waals surface area contributed by atoms with E-state index in [1.165, 1.54) is 24.6 Å². The highest BCUT2D eigenvalue weighted by molar-refractivity contribution is 7.99. The standard InChI is InChI=1S/C25H44N4O4S/c1-24(2)17-9-10-25(24,3)14-19(17)27-21(30)18(13-16-7-5-4-6-8-16)28-23(33)29-20(22(31)32)15-34-12-11-26/h16-20H,4-15,26H2,1-3H3,(H,27,30)(H,31,32)(H2,28,29,33)/t17?,18-,19?,20+,25?/m1/s1. The van der Waals surface area contributed by atoms with E-state index >= 15 is 0 Å². The Morgan fingerprint density at radius 3 is 2.29 bits per heavy atom. The van der Waals surface area contributed by atoms with Crippen molar-refractivity contribution in [2.45, 2.75) is 96.7 Å². The largest absolute Gasteiger partial charge is 0.480 e. The van der Waals surface area contributed by atoms with Gasteiger partial charge in [0.15, 0.2) is 0 Å². The Kier molecular flexibility index (Phi) is 9.17. The lowest BCUT2D eigenvalue weighted by Gasteiger charge is -2.33. The van der Waals surface area contributed by atoms with Crippen LogP contribution < -0.4 is 21.7 Å². The molecule has 194 valence electrons. The number of amides is 3. The molecular formula is C25H44N4O4S. The molecule has 3 aliphatic carbocycles. The number of urea groups is 1. The minimum atomic E-state index is -1.09. The van der Waals surface area contributed by atoms with Crippen molar-refractivity contribution in [2.75, 3.05) is 18.1 Å². The number of fused-ring (bicyclic) bond motifs is 2. The highest BCUT2D eigenvalue weighted by Gasteiger charge is 2.60. The van der Waals surface area contributed by atoms with Gasteiger partial charge < -0.3 is 26.8 Å². The fraction of sp³-hybridized carbons (Fsp3) is 0.880. The van der Waals surface area contributed by atoms with Gasteiger partial charge in [0, 0.05) is 24.1 Å². The monoisotopic (exact) mass is 496 g/mol. The third-order valence-electron chi connectivity index (χ3n) is 9.04. The summed E-state index contributed by atoms with van der Waals surface area (Å²) >= 11 is 1.39. The Morgan fingerprint density at radius 1 is 1.06 bits per heavy atom. The van der Waals surface area contributed by atoms with E-state index in [1.54, 1.807) is 0 Å². The van der Waals surface area contributed by atoms with E-state index in [-0.39, 0.29) is 28.5 Å². The molecule has 0 aromatic carbocycles. The summed E-state index contributed by atoms with van der Waals surface area (Å²) in [5.41, 5.74) is 5.90. The molecule has 0 heterocycles. The third kappa shape index (κ3) is 6.20. The molecule has 3 aliphatic rings. The van der Waals surface area contributed by atoms with Crippen molar-refractivity contribution in [1.29, 1.82) is 0 Å². The van der Waals surface area contributed by atoms with Gasteiger partial charge in [-0.1, -0.05) is 52.9 Å². The van der Waals surface area contributed by atoms with Crippen molar-refractivity contribution in [2.24, 2.45) is 28.4 Å². The lowest BCUT2D eigenvalue weighted by Crippen LogP contribution is -2.56. The molecule has 3 amide bonds. The average molecular weight is 497 g/mol. The summed E-state index contributed by atoms with van der Waals surface area (Å²) in [4.78, 5) is 37.8. The molecule has 34 heavy (non-hydrogen) atoms. The first-order chi connectivity index (χ1) is 16.1. The minimum Gasteiger partial charge on any atom is -0.480 e. The van der Waals surface area contributed by atoms with Gasteiger partial charge >= 0.3 is 12.0 Å². The van der Waals surface area contributed by atoms with E-state index in [9.17, 15) is 19.5 Å². The van der Waals surface area contributed by atoms with Crippen LogP contribution in [0.15, 0.2) is 0 Å². The summed E-state index contributed by atoms with van der Waals surface area (Å²) < 4.78 is 0. The lowest BCUT2D eigenvalue weighted by molar-refractivity contribution is -0.138. The summed E-state index contributed by atoms with van der Waals surface area (Å²) in [5.74, 6) is 0.470. The Balaban J connectivity index is 1.64. The molecular weight excluding hydrogens is 452 g/mol. The summed E-state index contributed by atoms with van der Waals surface area (Å²) in [6, 6.07) is -2.16. The van der Waals surface area contributed by atoms with Crippen LogP contribution in [0.2, 0.25) is 0 Å². The smallest absolute Gasteiger partial charge is 0.327 e. The zero-order valence-corrected chi connectivity index (χ0v) is 21.8. The second kappa shape index (κ2) is 11.5. The number of nitrogens with two attached hydrogens (primary N) is 1. The number of thioether (sulfide) groups is 1. The molecule has 6 N–H and O–H groups in total. The number of hydrogen-bond donors (Lipinski definition) is 5. The molecule has 0 aromatic heterocycles. The molecule has 0 radical (unpaired) electrons. The maximum Gasteiger partial charge on any atom is 0.327 e. The van der Waals surface area contributed by atoms with Gasteiger partial charge in [-0.15, -0.1) is 0 Å². The normalized spacial score (nSPS) is 29.9. The second-order valence-corrected chi connectivity index (χ2v) is 12.6. The summed E-state index contributed by atoms with van der Waals surface area (Å²) in [6.07, 6.45) is 9.55. The van der Waals surface area contributed by atoms with Crippen molar-refractivity contribution >= 4 is 29.7 Å². The maximum atomic E-state index is 13.4. The highest BCUT2D eigenvalue weighted by Crippen LogP contribution is 2.65. The van der Waals surface area contributed by atoms with Crippen molar-refractivity contribution in [3.8, 4) is 0 Å². The number of carboxylic acids is 1. The first-order valence-corrected chi connectivity index (χ1v) is 14.1. The number of carbonyl (C=O) groups is 3. The van der Waals surface area contributed by atoms with Crippen molar-refractivity contribution in [3.63, 3.8) is 0 Å². The summed E-state index contributed by atoms with van der Waals surface area (Å²) in [7, 11) is 0. The van der Waals surface area contributed by atoms with Crippen molar-refractivity contribution in [3.05, 3.63) is 0 Å². The molecule has 2 bridgehead atoms. The van der Waals surface area contributed by atoms with E-state index in [4.69, 9.17) is 5.73 Å². The topological polar surface area (TPSA) is 134 Å². The maximum absolute atomic E-state index is 13.4. The van der Waals surface area contributed by atoms with E-state index in [0.717, 1.165) is 38.5 Å². The molecule has 8 nitrogen and oxygen atoms in total. The van der Waals surface area contributed by atoms with Gasteiger partial charge in [0.2, 0.25) is 5.91 Å². The number of aliphatic carboxylic acids is 1. The Labute approximate surface area is 208 Å². The number of rotatable bonds is 11. The molecule has 0 aromatic rings. The van der Waals surface area contributed by atoms with Crippen LogP contribution in [-0.2, 0) is 9.59 Å². The number of hydrogen-bond acceptors (Lipinski definition) is 5. The summed E-state index contributed by atoms with van der Waals surface area (Å²) in [6.45, 7) is 7.41. The van der Waals surface area contributed by atoms with Gasteiger partial charge in [0.05, 0.1) is 0 Å². The Morgan fingerprint density at radius 2 is 1.74 bits per heavy atom. The number of carboxylic acid groups (broad SMARTS) is 1. The Hall–Kier alpha value is -1.48. The fourth-order valence-corrected chi connectivity index (χ4v) is 7.34. The van der Waals surface area contributed by atoms with Gasteiger partial charge in [0.25, 0.3) is 0 Å². The Bertz CT molecular complexity index is 740. The number of carbonyl (C=O) groups excluding carboxylic acids is 2. The van der Waals surface area contributed by atoms with Crippen LogP contribution in [-0.4, -0.2) is 59.2 Å². The van der Waals surface area contributed by atoms with Gasteiger partial charge in [-0.25, -0.2) is 9.59 Å². The van der Waals surface area contributed by atoms with Crippen molar-refractivity contribution in [1.82, 2.24) is 16.0 Å². The molecule has 3 saturated carbocycles. The summed E-state index contributed by atoms with van der Waals surface area (Å²) in [5, 5.41) is 18.1. The minimum absolute atomic E-state index is 0.124. The SMILES string of the molecule is CC12CCC(C(NC(=O)[C@@H](CC3CCCCC3)NC(=O)N[C@@H](CSCCN)C(=O)O)C1)C2(C)C. The van der Waals surface area contributed by atoms with Gasteiger partial charge in [-0.2, -0.15) is 11.8 Å². The van der Waals surface area contributed by atoms with E-state index in [1.807, 2.05) is 0 Å². The molecule has 5 atom stereocenters. The lowest BCUT2D eigenvalue weighted by atomic mass is 9.71. The third-order valence-corrected chi connectivity index (χ3v) is 10.1. The fourth-order valence-electron chi connectivity index (χ4n) is 6.54. The second-order valence-electron chi connectivity index (χ2n) is 11.4. The van der Waals surface area contributed by atoms with Crippen LogP contribution in [0.5, 0.6) is 0 Å². The zero-order chi connectivity index (χ0) is 24.9. The molecule has 3 unspecified atom stereocenters. The molecule has 0 spiro atoms. The molecule has 9 heteroatoms. The van der Waals surface area contributed by atoms with Gasteiger partial charge in [0.1, 0.15) is 12.1 Å². The molecule has 0 saturated heterocycles. The van der Waals surface area contributed by atoms with Gasteiger partial charge in [-0.05, 0) is 48.3 Å². The van der Waals surface area contributed by atoms with Gasteiger partial charge in [-0.3, -0.25) is 4.79 Å². The van der Waals surface area contributed by atoms with Crippen LogP contribution in [0.4, 0.5) is 4.79 Å². The molecule has 3 rings (SSSR count). The first kappa shape index (κ1) is 27.1. The quantitative estimate of drug-likeness (QED) is 0.279. The number of nitrogens with one attached hydrogen (secondary N) is 3. The molecule has 0 aliphatic heterocycles. The first-order valence-electron chi connectivity index (χ1n) is 13.0.